The molecular weight excluding hydrogens is 255 g/mol. The highest BCUT2D eigenvalue weighted by atomic mass is 19.4. The van der Waals surface area contributed by atoms with Gasteiger partial charge in [-0.25, -0.2) is 0 Å². The minimum absolute atomic E-state index is 0.00254. The summed E-state index contributed by atoms with van der Waals surface area (Å²) in [5, 5.41) is 0.423. The second-order valence-electron chi connectivity index (χ2n) is 5.17. The number of ketones is 1. The Hall–Kier alpha value is -1.78. The van der Waals surface area contributed by atoms with Crippen molar-refractivity contribution >= 4 is 16.7 Å². The van der Waals surface area contributed by atoms with Crippen LogP contribution in [0.3, 0.4) is 0 Å². The smallest absolute Gasteiger partial charge is 0.352 e. The molecule has 2 unspecified atom stereocenters. The normalized spacial score (nSPS) is 22.7. The average Bonchev–Trinajstić information content (AvgIpc) is 2.91. The summed E-state index contributed by atoms with van der Waals surface area (Å²) in [7, 11) is 0. The lowest BCUT2D eigenvalue weighted by Crippen LogP contribution is -2.03. The van der Waals surface area contributed by atoms with Crippen molar-refractivity contribution < 1.29 is 18.0 Å². The molecule has 1 aromatic heterocycles. The van der Waals surface area contributed by atoms with Gasteiger partial charge in [-0.05, 0) is 36.6 Å². The average molecular weight is 267 g/mol. The first-order valence-electron chi connectivity index (χ1n) is 6.10. The van der Waals surface area contributed by atoms with Gasteiger partial charge in [-0.15, -0.1) is 0 Å². The molecule has 1 aromatic carbocycles. The fourth-order valence-electron chi connectivity index (χ4n) is 2.33. The van der Waals surface area contributed by atoms with Gasteiger partial charge in [-0.2, -0.15) is 13.2 Å². The van der Waals surface area contributed by atoms with E-state index >= 15 is 0 Å². The number of carbonyl (C=O) groups is 1. The lowest BCUT2D eigenvalue weighted by atomic mass is 10.1. The van der Waals surface area contributed by atoms with Gasteiger partial charge in [0.15, 0.2) is 5.78 Å². The van der Waals surface area contributed by atoms with Crippen LogP contribution in [0.5, 0.6) is 0 Å². The Balaban J connectivity index is 1.99. The summed E-state index contributed by atoms with van der Waals surface area (Å²) in [5.74, 6) is 0.400. The van der Waals surface area contributed by atoms with E-state index < -0.39 is 11.7 Å². The standard InChI is InChI=1S/C14H12F3NO/c1-7-4-10(7)13(19)12-6-8-5-9(14(15,16)17)2-3-11(8)18-12/h2-3,5-7,10,18H,4H2,1H3. The molecule has 0 radical (unpaired) electrons. The van der Waals surface area contributed by atoms with Crippen molar-refractivity contribution in [2.24, 2.45) is 11.8 Å². The van der Waals surface area contributed by atoms with Gasteiger partial charge in [0, 0.05) is 16.8 Å². The maximum Gasteiger partial charge on any atom is 0.416 e. The van der Waals surface area contributed by atoms with E-state index in [0.29, 0.717) is 22.5 Å². The van der Waals surface area contributed by atoms with Crippen molar-refractivity contribution in [3.8, 4) is 0 Å². The summed E-state index contributed by atoms with van der Waals surface area (Å²) in [5.41, 5.74) is 0.270. The van der Waals surface area contributed by atoms with E-state index in [1.54, 1.807) is 0 Å². The zero-order valence-corrected chi connectivity index (χ0v) is 10.2. The van der Waals surface area contributed by atoms with Crippen LogP contribution in [0.2, 0.25) is 0 Å². The van der Waals surface area contributed by atoms with E-state index in [0.717, 1.165) is 18.6 Å². The monoisotopic (exact) mass is 267 g/mol. The Bertz CT molecular complexity index is 656. The first kappa shape index (κ1) is 12.3. The summed E-state index contributed by atoms with van der Waals surface area (Å²) in [6, 6.07) is 4.97. The number of alkyl halides is 3. The van der Waals surface area contributed by atoms with Gasteiger partial charge in [-0.1, -0.05) is 6.92 Å². The molecular formula is C14H12F3NO. The number of H-pyrrole nitrogens is 1. The molecule has 1 N–H and O–H groups in total. The molecule has 3 rings (SSSR count). The Labute approximate surface area is 107 Å². The molecule has 0 bridgehead atoms. The molecule has 0 spiro atoms. The van der Waals surface area contributed by atoms with Gasteiger partial charge in [0.05, 0.1) is 11.3 Å². The Morgan fingerprint density at radius 2 is 2.00 bits per heavy atom. The predicted octanol–water partition coefficient (Wildman–Crippen LogP) is 4.03. The molecule has 2 atom stereocenters. The molecule has 100 valence electrons. The molecule has 1 aliphatic carbocycles. The second kappa shape index (κ2) is 3.85. The number of halogens is 3. The van der Waals surface area contributed by atoms with Gasteiger partial charge in [-0.3, -0.25) is 4.79 Å². The van der Waals surface area contributed by atoms with Gasteiger partial charge < -0.3 is 4.98 Å². The SMILES string of the molecule is CC1CC1C(=O)c1cc2cc(C(F)(F)F)ccc2[nH]1. The van der Waals surface area contributed by atoms with E-state index in [-0.39, 0.29) is 11.7 Å². The summed E-state index contributed by atoms with van der Waals surface area (Å²) < 4.78 is 37.8. The van der Waals surface area contributed by atoms with Crippen molar-refractivity contribution in [2.45, 2.75) is 19.5 Å². The molecule has 1 heterocycles. The van der Waals surface area contributed by atoms with Crippen LogP contribution in [0.1, 0.15) is 29.4 Å². The summed E-state index contributed by atoms with van der Waals surface area (Å²) >= 11 is 0. The molecule has 0 saturated heterocycles. The molecule has 1 saturated carbocycles. The van der Waals surface area contributed by atoms with Gasteiger partial charge in [0.2, 0.25) is 0 Å². The highest BCUT2D eigenvalue weighted by Gasteiger charge is 2.40. The molecule has 19 heavy (non-hydrogen) atoms. The highest BCUT2D eigenvalue weighted by Crippen LogP contribution is 2.40. The molecule has 1 fully saturated rings. The number of nitrogens with one attached hydrogen (secondary N) is 1. The molecule has 5 heteroatoms. The van der Waals surface area contributed by atoms with Crippen LogP contribution in [0.15, 0.2) is 24.3 Å². The number of benzene rings is 1. The van der Waals surface area contributed by atoms with Crippen LogP contribution in [0, 0.1) is 11.8 Å². The number of fused-ring (bicyclic) bond motifs is 1. The molecule has 2 nitrogen and oxygen atoms in total. The highest BCUT2D eigenvalue weighted by molar-refractivity contribution is 6.02. The van der Waals surface area contributed by atoms with E-state index in [1.807, 2.05) is 6.92 Å². The maximum atomic E-state index is 12.6. The minimum Gasteiger partial charge on any atom is -0.352 e. The van der Waals surface area contributed by atoms with Crippen LogP contribution in [0.4, 0.5) is 13.2 Å². The summed E-state index contributed by atoms with van der Waals surface area (Å²) in [6.45, 7) is 1.99. The molecule has 2 aromatic rings. The number of hydrogen-bond donors (Lipinski definition) is 1. The minimum atomic E-state index is -4.36. The number of carbonyl (C=O) groups excluding carboxylic acids is 1. The number of hydrogen-bond acceptors (Lipinski definition) is 1. The Morgan fingerprint density at radius 1 is 1.32 bits per heavy atom. The summed E-state index contributed by atoms with van der Waals surface area (Å²) in [6.07, 6.45) is -3.50. The van der Waals surface area contributed by atoms with E-state index in [4.69, 9.17) is 0 Å². The zero-order valence-electron chi connectivity index (χ0n) is 10.2. The van der Waals surface area contributed by atoms with Crippen LogP contribution in [-0.2, 0) is 6.18 Å². The third kappa shape index (κ3) is 2.13. The number of rotatable bonds is 2. The van der Waals surface area contributed by atoms with E-state index in [9.17, 15) is 18.0 Å². The van der Waals surface area contributed by atoms with Crippen LogP contribution in [0.25, 0.3) is 10.9 Å². The van der Waals surface area contributed by atoms with Gasteiger partial charge in [0.1, 0.15) is 0 Å². The van der Waals surface area contributed by atoms with Gasteiger partial charge in [0.25, 0.3) is 0 Å². The molecule has 0 aliphatic heterocycles. The van der Waals surface area contributed by atoms with Crippen LogP contribution < -0.4 is 0 Å². The Morgan fingerprint density at radius 3 is 2.58 bits per heavy atom. The number of aromatic amines is 1. The molecule has 1 aliphatic rings. The first-order valence-corrected chi connectivity index (χ1v) is 6.10. The quantitative estimate of drug-likeness (QED) is 0.819. The van der Waals surface area contributed by atoms with Crippen molar-refractivity contribution in [3.05, 3.63) is 35.5 Å². The lowest BCUT2D eigenvalue weighted by molar-refractivity contribution is -0.137. The molecule has 0 amide bonds. The van der Waals surface area contributed by atoms with Crippen LogP contribution >= 0.6 is 0 Å². The second-order valence-corrected chi connectivity index (χ2v) is 5.17. The van der Waals surface area contributed by atoms with Crippen molar-refractivity contribution in [2.75, 3.05) is 0 Å². The van der Waals surface area contributed by atoms with Crippen LogP contribution in [-0.4, -0.2) is 10.8 Å². The first-order chi connectivity index (χ1) is 8.86. The fourth-order valence-corrected chi connectivity index (χ4v) is 2.33. The topological polar surface area (TPSA) is 32.9 Å². The van der Waals surface area contributed by atoms with Gasteiger partial charge >= 0.3 is 6.18 Å². The van der Waals surface area contributed by atoms with E-state index in [2.05, 4.69) is 4.98 Å². The van der Waals surface area contributed by atoms with Crippen molar-refractivity contribution in [1.82, 2.24) is 4.98 Å². The van der Waals surface area contributed by atoms with Crippen molar-refractivity contribution in [3.63, 3.8) is 0 Å². The number of aromatic nitrogens is 1. The maximum absolute atomic E-state index is 12.6. The third-order valence-electron chi connectivity index (χ3n) is 3.66. The van der Waals surface area contributed by atoms with Crippen molar-refractivity contribution in [1.29, 1.82) is 0 Å². The predicted molar refractivity (Wildman–Crippen MR) is 64.9 cm³/mol. The third-order valence-corrected chi connectivity index (χ3v) is 3.66. The summed E-state index contributed by atoms with van der Waals surface area (Å²) in [4.78, 5) is 14.9. The lowest BCUT2D eigenvalue weighted by Gasteiger charge is -2.05. The van der Waals surface area contributed by atoms with E-state index in [1.165, 1.54) is 12.1 Å². The Kier molecular flexibility index (Phi) is 2.49. The largest absolute Gasteiger partial charge is 0.416 e. The fraction of sp³-hybridized carbons (Fsp3) is 0.357. The zero-order chi connectivity index (χ0) is 13.8. The number of Topliss-reactive ketones (excluding diaryl/α,β-unsaturated/α-hetero) is 1.